The first-order valence-electron chi connectivity index (χ1n) is 6.52. The van der Waals surface area contributed by atoms with Crippen LogP contribution in [0.3, 0.4) is 0 Å². The topological polar surface area (TPSA) is 37.3 Å². The molecule has 0 radical (unpaired) electrons. The van der Waals surface area contributed by atoms with Gasteiger partial charge in [0.15, 0.2) is 0 Å². The van der Waals surface area contributed by atoms with Gasteiger partial charge in [0.1, 0.15) is 0 Å². The number of carboxylic acids is 1. The van der Waals surface area contributed by atoms with Crippen LogP contribution in [-0.4, -0.2) is 11.1 Å². The van der Waals surface area contributed by atoms with Gasteiger partial charge in [0, 0.05) is 0 Å². The van der Waals surface area contributed by atoms with E-state index in [0.717, 1.165) is 12.0 Å². The maximum Gasteiger partial charge on any atom is 0.307 e. The fourth-order valence-corrected chi connectivity index (χ4v) is 2.00. The molecular weight excluding hydrogens is 212 g/mol. The van der Waals surface area contributed by atoms with Crippen molar-refractivity contribution in [2.45, 2.75) is 51.9 Å². The highest BCUT2D eigenvalue weighted by Gasteiger charge is 2.01. The van der Waals surface area contributed by atoms with E-state index >= 15 is 0 Å². The molecule has 1 N–H and O–H groups in total. The molecule has 0 atom stereocenters. The van der Waals surface area contributed by atoms with Crippen LogP contribution in [0, 0.1) is 0 Å². The second-order valence-electron chi connectivity index (χ2n) is 4.55. The molecule has 0 saturated carbocycles. The van der Waals surface area contributed by atoms with E-state index in [1.54, 1.807) is 0 Å². The van der Waals surface area contributed by atoms with Crippen LogP contribution in [-0.2, 0) is 17.6 Å². The monoisotopic (exact) mass is 234 g/mol. The zero-order valence-electron chi connectivity index (χ0n) is 10.6. The summed E-state index contributed by atoms with van der Waals surface area (Å²) in [4.78, 5) is 10.6. The van der Waals surface area contributed by atoms with Crippen LogP contribution in [0.2, 0.25) is 0 Å². The molecule has 0 amide bonds. The lowest BCUT2D eigenvalue weighted by Crippen LogP contribution is -2.00. The van der Waals surface area contributed by atoms with Crippen molar-refractivity contribution in [3.63, 3.8) is 0 Å². The Morgan fingerprint density at radius 2 is 1.82 bits per heavy atom. The summed E-state index contributed by atoms with van der Waals surface area (Å²) in [6, 6.07) is 7.95. The molecule has 1 rings (SSSR count). The lowest BCUT2D eigenvalue weighted by atomic mass is 10.0. The van der Waals surface area contributed by atoms with Crippen LogP contribution < -0.4 is 0 Å². The first-order valence-corrected chi connectivity index (χ1v) is 6.52. The molecule has 2 nitrogen and oxygen atoms in total. The van der Waals surface area contributed by atoms with Crippen molar-refractivity contribution in [2.75, 3.05) is 0 Å². The molecule has 0 heterocycles. The van der Waals surface area contributed by atoms with Gasteiger partial charge in [-0.2, -0.15) is 0 Å². The van der Waals surface area contributed by atoms with E-state index in [4.69, 9.17) is 5.11 Å². The first kappa shape index (κ1) is 13.8. The maximum absolute atomic E-state index is 10.6. The third-order valence-corrected chi connectivity index (χ3v) is 2.92. The van der Waals surface area contributed by atoms with Gasteiger partial charge in [-0.05, 0) is 24.0 Å². The molecule has 0 saturated heterocycles. The molecule has 0 aromatic heterocycles. The fourth-order valence-electron chi connectivity index (χ4n) is 2.00. The number of unbranched alkanes of at least 4 members (excludes halogenated alkanes) is 4. The molecule has 0 spiro atoms. The molecule has 17 heavy (non-hydrogen) atoms. The minimum Gasteiger partial charge on any atom is -0.481 e. The van der Waals surface area contributed by atoms with Crippen molar-refractivity contribution in [3.05, 3.63) is 35.4 Å². The van der Waals surface area contributed by atoms with Gasteiger partial charge in [0.2, 0.25) is 0 Å². The summed E-state index contributed by atoms with van der Waals surface area (Å²) in [5.74, 6) is -0.759. The van der Waals surface area contributed by atoms with E-state index in [1.807, 2.05) is 18.2 Å². The second kappa shape index (κ2) is 7.88. The number of benzene rings is 1. The van der Waals surface area contributed by atoms with E-state index in [9.17, 15) is 4.79 Å². The van der Waals surface area contributed by atoms with Gasteiger partial charge in [-0.15, -0.1) is 0 Å². The zero-order chi connectivity index (χ0) is 12.5. The van der Waals surface area contributed by atoms with Crippen LogP contribution in [0.1, 0.15) is 50.2 Å². The molecule has 2 heteroatoms. The van der Waals surface area contributed by atoms with Crippen molar-refractivity contribution in [2.24, 2.45) is 0 Å². The summed E-state index contributed by atoms with van der Waals surface area (Å²) < 4.78 is 0. The minimum absolute atomic E-state index is 0.129. The second-order valence-corrected chi connectivity index (χ2v) is 4.55. The number of carbonyl (C=O) groups is 1. The lowest BCUT2D eigenvalue weighted by molar-refractivity contribution is -0.136. The van der Waals surface area contributed by atoms with Gasteiger partial charge in [0.25, 0.3) is 0 Å². The highest BCUT2D eigenvalue weighted by molar-refractivity contribution is 5.70. The molecular formula is C15H22O2. The predicted molar refractivity (Wildman–Crippen MR) is 70.2 cm³/mol. The standard InChI is InChI=1S/C15H22O2/c1-2-3-4-5-6-8-13-9-7-10-14(11-13)12-15(16)17/h7,9-11H,2-6,8,12H2,1H3,(H,16,17). The average molecular weight is 234 g/mol. The van der Waals surface area contributed by atoms with Crippen LogP contribution in [0.25, 0.3) is 0 Å². The van der Waals surface area contributed by atoms with Gasteiger partial charge in [-0.1, -0.05) is 56.9 Å². The van der Waals surface area contributed by atoms with Gasteiger partial charge in [-0.3, -0.25) is 4.79 Å². The van der Waals surface area contributed by atoms with Gasteiger partial charge in [-0.25, -0.2) is 0 Å². The maximum atomic E-state index is 10.6. The van der Waals surface area contributed by atoms with Gasteiger partial charge in [0.05, 0.1) is 6.42 Å². The van der Waals surface area contributed by atoms with Crippen molar-refractivity contribution >= 4 is 5.97 Å². The predicted octanol–water partition coefficient (Wildman–Crippen LogP) is 3.83. The van der Waals surface area contributed by atoms with Crippen LogP contribution in [0.4, 0.5) is 0 Å². The Labute approximate surface area is 104 Å². The zero-order valence-corrected chi connectivity index (χ0v) is 10.6. The highest BCUT2D eigenvalue weighted by Crippen LogP contribution is 2.11. The number of hydrogen-bond acceptors (Lipinski definition) is 1. The number of aliphatic carboxylic acids is 1. The van der Waals surface area contributed by atoms with Gasteiger partial charge >= 0.3 is 5.97 Å². The quantitative estimate of drug-likeness (QED) is 0.694. The Morgan fingerprint density at radius 3 is 2.53 bits per heavy atom. The minimum atomic E-state index is -0.759. The molecule has 0 bridgehead atoms. The largest absolute Gasteiger partial charge is 0.481 e. The third-order valence-electron chi connectivity index (χ3n) is 2.92. The van der Waals surface area contributed by atoms with Crippen molar-refractivity contribution in [1.82, 2.24) is 0 Å². The Hall–Kier alpha value is -1.31. The van der Waals surface area contributed by atoms with Crippen molar-refractivity contribution < 1.29 is 9.90 Å². The summed E-state index contributed by atoms with van der Waals surface area (Å²) in [5.41, 5.74) is 2.17. The van der Waals surface area contributed by atoms with Gasteiger partial charge < -0.3 is 5.11 Å². The van der Waals surface area contributed by atoms with E-state index in [-0.39, 0.29) is 6.42 Å². The summed E-state index contributed by atoms with van der Waals surface area (Å²) in [5, 5.41) is 8.73. The molecule has 0 aliphatic rings. The molecule has 0 aliphatic carbocycles. The first-order chi connectivity index (χ1) is 8.22. The third kappa shape index (κ3) is 6.10. The van der Waals surface area contributed by atoms with Crippen LogP contribution >= 0.6 is 0 Å². The Bertz CT molecular complexity index is 345. The van der Waals surface area contributed by atoms with Crippen LogP contribution in [0.5, 0.6) is 0 Å². The average Bonchev–Trinajstić information content (AvgIpc) is 2.28. The van der Waals surface area contributed by atoms with Crippen molar-refractivity contribution in [1.29, 1.82) is 0 Å². The summed E-state index contributed by atoms with van der Waals surface area (Å²) in [6.07, 6.45) is 7.58. The van der Waals surface area contributed by atoms with Crippen molar-refractivity contribution in [3.8, 4) is 0 Å². The number of carboxylic acid groups (broad SMARTS) is 1. The fraction of sp³-hybridized carbons (Fsp3) is 0.533. The van der Waals surface area contributed by atoms with Crippen LogP contribution in [0.15, 0.2) is 24.3 Å². The molecule has 0 fully saturated rings. The SMILES string of the molecule is CCCCCCCc1cccc(CC(=O)O)c1. The van der Waals surface area contributed by atoms with E-state index < -0.39 is 5.97 Å². The molecule has 94 valence electrons. The Morgan fingerprint density at radius 1 is 1.12 bits per heavy atom. The highest BCUT2D eigenvalue weighted by atomic mass is 16.4. The molecule has 0 unspecified atom stereocenters. The smallest absolute Gasteiger partial charge is 0.307 e. The normalized spacial score (nSPS) is 10.4. The Kier molecular flexibility index (Phi) is 6.38. The number of rotatable bonds is 8. The Balaban J connectivity index is 2.35. The summed E-state index contributed by atoms with van der Waals surface area (Å²) >= 11 is 0. The number of aryl methyl sites for hydroxylation is 1. The molecule has 0 aliphatic heterocycles. The summed E-state index contributed by atoms with van der Waals surface area (Å²) in [6.45, 7) is 2.22. The van der Waals surface area contributed by atoms with E-state index in [0.29, 0.717) is 0 Å². The molecule has 1 aromatic carbocycles. The van der Waals surface area contributed by atoms with E-state index in [1.165, 1.54) is 37.7 Å². The lowest BCUT2D eigenvalue weighted by Gasteiger charge is -2.04. The summed E-state index contributed by atoms with van der Waals surface area (Å²) in [7, 11) is 0. The molecule has 1 aromatic rings. The van der Waals surface area contributed by atoms with E-state index in [2.05, 4.69) is 13.0 Å². The number of hydrogen-bond donors (Lipinski definition) is 1.